The van der Waals surface area contributed by atoms with Crippen LogP contribution in [0.2, 0.25) is 0 Å². The van der Waals surface area contributed by atoms with Crippen molar-refractivity contribution in [1.82, 2.24) is 9.97 Å². The molecule has 3 nitrogen and oxygen atoms in total. The van der Waals surface area contributed by atoms with Crippen molar-refractivity contribution in [3.8, 4) is 11.6 Å². The number of rotatable bonds is 3. The molecule has 0 aliphatic rings. The number of nitrogens with zero attached hydrogens (tertiary/aromatic N) is 2. The monoisotopic (exact) mass is 250 g/mol. The van der Waals surface area contributed by atoms with E-state index in [2.05, 4.69) is 9.97 Å². The summed E-state index contributed by atoms with van der Waals surface area (Å²) in [5.74, 6) is -2.13. The average Bonchev–Trinajstić information content (AvgIpc) is 2.32. The molecule has 0 aromatic carbocycles. The summed E-state index contributed by atoms with van der Waals surface area (Å²) in [4.78, 5) is 7.72. The van der Waals surface area contributed by atoms with E-state index < -0.39 is 5.92 Å². The van der Waals surface area contributed by atoms with E-state index in [1.807, 2.05) is 13.0 Å². The van der Waals surface area contributed by atoms with Gasteiger partial charge in [-0.05, 0) is 25.1 Å². The predicted molar refractivity (Wildman–Crippen MR) is 62.9 cm³/mol. The van der Waals surface area contributed by atoms with Gasteiger partial charge < -0.3 is 4.74 Å². The lowest BCUT2D eigenvalue weighted by atomic mass is 10.2. The Labute approximate surface area is 103 Å². The molecule has 5 heteroatoms. The predicted octanol–water partition coefficient (Wildman–Crippen LogP) is 3.69. The molecule has 0 radical (unpaired) electrons. The molecule has 0 N–H and O–H groups in total. The van der Waals surface area contributed by atoms with Crippen LogP contribution < -0.4 is 4.74 Å². The van der Waals surface area contributed by atoms with Crippen LogP contribution in [0.15, 0.2) is 36.7 Å². The fourth-order valence-corrected chi connectivity index (χ4v) is 1.39. The van der Waals surface area contributed by atoms with Gasteiger partial charge in [-0.15, -0.1) is 0 Å². The summed E-state index contributed by atoms with van der Waals surface area (Å²) in [7, 11) is 0. The van der Waals surface area contributed by atoms with Gasteiger partial charge in [0.15, 0.2) is 0 Å². The van der Waals surface area contributed by atoms with Gasteiger partial charge in [-0.25, -0.2) is 4.98 Å². The molecule has 0 aliphatic heterocycles. The van der Waals surface area contributed by atoms with Crippen molar-refractivity contribution in [2.24, 2.45) is 0 Å². The first-order chi connectivity index (χ1) is 8.47. The molecule has 2 aromatic heterocycles. The molecule has 0 spiro atoms. The largest absolute Gasteiger partial charge is 0.437 e. The van der Waals surface area contributed by atoms with E-state index in [1.54, 1.807) is 12.3 Å². The molecule has 2 aromatic rings. The van der Waals surface area contributed by atoms with E-state index in [0.717, 1.165) is 12.5 Å². The van der Waals surface area contributed by atoms with Crippen molar-refractivity contribution in [3.63, 3.8) is 0 Å². The molecule has 18 heavy (non-hydrogen) atoms. The molecular weight excluding hydrogens is 238 g/mol. The molecule has 0 fully saturated rings. The van der Waals surface area contributed by atoms with Crippen LogP contribution in [0.3, 0.4) is 0 Å². The third kappa shape index (κ3) is 2.80. The molecule has 0 unspecified atom stereocenters. The number of pyridine rings is 2. The standard InChI is InChI=1S/C13H12F2N2O/c1-9-4-3-7-16-12(9)18-10-5-6-11(17-8-10)13(2,14)15/h3-8H,1-2H3. The Balaban J connectivity index is 2.19. The zero-order chi connectivity index (χ0) is 13.2. The van der Waals surface area contributed by atoms with Gasteiger partial charge in [-0.2, -0.15) is 8.78 Å². The number of aryl methyl sites for hydroxylation is 1. The first-order valence-corrected chi connectivity index (χ1v) is 5.40. The van der Waals surface area contributed by atoms with Crippen LogP contribution in [-0.4, -0.2) is 9.97 Å². The third-order valence-electron chi connectivity index (χ3n) is 2.36. The van der Waals surface area contributed by atoms with Crippen molar-refractivity contribution < 1.29 is 13.5 Å². The molecule has 0 atom stereocenters. The topological polar surface area (TPSA) is 35.0 Å². The molecule has 2 heterocycles. The average molecular weight is 250 g/mol. The highest BCUT2D eigenvalue weighted by atomic mass is 19.3. The zero-order valence-corrected chi connectivity index (χ0v) is 10.0. The SMILES string of the molecule is Cc1cccnc1Oc1ccc(C(C)(F)F)nc1. The summed E-state index contributed by atoms with van der Waals surface area (Å²) in [6.45, 7) is 2.66. The Morgan fingerprint density at radius 3 is 2.50 bits per heavy atom. The van der Waals surface area contributed by atoms with E-state index in [0.29, 0.717) is 11.6 Å². The van der Waals surface area contributed by atoms with E-state index in [-0.39, 0.29) is 5.69 Å². The van der Waals surface area contributed by atoms with Crippen LogP contribution in [0.4, 0.5) is 8.78 Å². The summed E-state index contributed by atoms with van der Waals surface area (Å²) >= 11 is 0. The minimum atomic E-state index is -2.94. The van der Waals surface area contributed by atoms with Gasteiger partial charge in [0.2, 0.25) is 5.88 Å². The number of hydrogen-bond acceptors (Lipinski definition) is 3. The Kier molecular flexibility index (Phi) is 3.23. The summed E-state index contributed by atoms with van der Waals surface area (Å²) in [5.41, 5.74) is 0.579. The molecular formula is C13H12F2N2O. The molecule has 2 rings (SSSR count). The second-order valence-electron chi connectivity index (χ2n) is 4.00. The first-order valence-electron chi connectivity index (χ1n) is 5.40. The van der Waals surface area contributed by atoms with Gasteiger partial charge in [-0.3, -0.25) is 4.98 Å². The Morgan fingerprint density at radius 2 is 1.94 bits per heavy atom. The normalized spacial score (nSPS) is 11.3. The van der Waals surface area contributed by atoms with Crippen LogP contribution in [0.1, 0.15) is 18.2 Å². The van der Waals surface area contributed by atoms with Gasteiger partial charge in [0.05, 0.1) is 6.20 Å². The summed E-state index contributed by atoms with van der Waals surface area (Å²) < 4.78 is 31.4. The Morgan fingerprint density at radius 1 is 1.17 bits per heavy atom. The van der Waals surface area contributed by atoms with Crippen molar-refractivity contribution in [2.75, 3.05) is 0 Å². The molecule has 0 saturated heterocycles. The highest BCUT2D eigenvalue weighted by Gasteiger charge is 2.25. The third-order valence-corrected chi connectivity index (χ3v) is 2.36. The smallest absolute Gasteiger partial charge is 0.286 e. The van der Waals surface area contributed by atoms with E-state index in [1.165, 1.54) is 18.3 Å². The number of halogens is 2. The summed E-state index contributed by atoms with van der Waals surface area (Å²) in [6.07, 6.45) is 2.87. The fourth-order valence-electron chi connectivity index (χ4n) is 1.39. The quantitative estimate of drug-likeness (QED) is 0.833. The first kappa shape index (κ1) is 12.4. The summed E-state index contributed by atoms with van der Waals surface area (Å²) in [5, 5.41) is 0. The number of alkyl halides is 2. The number of ether oxygens (including phenoxy) is 1. The van der Waals surface area contributed by atoms with E-state index in [4.69, 9.17) is 4.74 Å². The van der Waals surface area contributed by atoms with Crippen LogP contribution in [0, 0.1) is 6.92 Å². The molecule has 0 bridgehead atoms. The van der Waals surface area contributed by atoms with Gasteiger partial charge in [0.1, 0.15) is 11.4 Å². The zero-order valence-electron chi connectivity index (χ0n) is 10.0. The van der Waals surface area contributed by atoms with Crippen LogP contribution >= 0.6 is 0 Å². The van der Waals surface area contributed by atoms with Gasteiger partial charge in [0.25, 0.3) is 5.92 Å². The molecule has 94 valence electrons. The van der Waals surface area contributed by atoms with Crippen LogP contribution in [-0.2, 0) is 5.92 Å². The van der Waals surface area contributed by atoms with Crippen molar-refractivity contribution in [3.05, 3.63) is 47.9 Å². The minimum Gasteiger partial charge on any atom is -0.437 e. The maximum atomic E-state index is 13.0. The van der Waals surface area contributed by atoms with Gasteiger partial charge in [-0.1, -0.05) is 6.07 Å². The number of aromatic nitrogens is 2. The van der Waals surface area contributed by atoms with Crippen LogP contribution in [0.5, 0.6) is 11.6 Å². The molecule has 0 aliphatic carbocycles. The van der Waals surface area contributed by atoms with Gasteiger partial charge >= 0.3 is 0 Å². The van der Waals surface area contributed by atoms with E-state index >= 15 is 0 Å². The van der Waals surface area contributed by atoms with Crippen molar-refractivity contribution >= 4 is 0 Å². The fraction of sp³-hybridized carbons (Fsp3) is 0.231. The Bertz CT molecular complexity index is 535. The van der Waals surface area contributed by atoms with Gasteiger partial charge in [0, 0.05) is 18.7 Å². The minimum absolute atomic E-state index is 0.285. The Hall–Kier alpha value is -2.04. The van der Waals surface area contributed by atoms with E-state index in [9.17, 15) is 8.78 Å². The van der Waals surface area contributed by atoms with Crippen molar-refractivity contribution in [2.45, 2.75) is 19.8 Å². The summed E-state index contributed by atoms with van der Waals surface area (Å²) in [6, 6.07) is 6.34. The number of hydrogen-bond donors (Lipinski definition) is 0. The van der Waals surface area contributed by atoms with Crippen molar-refractivity contribution in [1.29, 1.82) is 0 Å². The molecule has 0 amide bonds. The second kappa shape index (κ2) is 4.68. The highest BCUT2D eigenvalue weighted by Crippen LogP contribution is 2.27. The lowest BCUT2D eigenvalue weighted by molar-refractivity contribution is 0.0127. The lowest BCUT2D eigenvalue weighted by Gasteiger charge is -2.10. The second-order valence-corrected chi connectivity index (χ2v) is 4.00. The maximum Gasteiger partial charge on any atom is 0.286 e. The maximum absolute atomic E-state index is 13.0. The highest BCUT2D eigenvalue weighted by molar-refractivity contribution is 5.30. The lowest BCUT2D eigenvalue weighted by Crippen LogP contribution is -2.09. The molecule has 0 saturated carbocycles. The van der Waals surface area contributed by atoms with Crippen LogP contribution in [0.25, 0.3) is 0 Å².